The first kappa shape index (κ1) is 14.1. The van der Waals surface area contributed by atoms with Crippen LogP contribution < -0.4 is 5.32 Å². The maximum absolute atomic E-state index is 12.1. The van der Waals surface area contributed by atoms with Crippen LogP contribution in [0.15, 0.2) is 36.0 Å². The molecule has 1 N–H and O–H groups in total. The Morgan fingerprint density at radius 2 is 2.10 bits per heavy atom. The molecular formula is C15H17N3O2. The first-order valence-electron chi connectivity index (χ1n) is 6.51. The first-order valence-corrected chi connectivity index (χ1v) is 6.51. The summed E-state index contributed by atoms with van der Waals surface area (Å²) in [5.41, 5.74) is 1.79. The number of para-hydroxylation sites is 1. The summed E-state index contributed by atoms with van der Waals surface area (Å²) in [6.45, 7) is 4.54. The Labute approximate surface area is 118 Å². The molecule has 2 rings (SSSR count). The molecular weight excluding hydrogens is 254 g/mol. The highest BCUT2D eigenvalue weighted by molar-refractivity contribution is 6.06. The predicted octanol–water partition coefficient (Wildman–Crippen LogP) is 1.67. The highest BCUT2D eigenvalue weighted by Gasteiger charge is 2.14. The Bertz CT molecular complexity index is 554. The van der Waals surface area contributed by atoms with Gasteiger partial charge in [0.25, 0.3) is 5.91 Å². The number of nitrogens with zero attached hydrogens (tertiary/aromatic N) is 2. The molecule has 1 saturated heterocycles. The van der Waals surface area contributed by atoms with Crippen LogP contribution in [0.1, 0.15) is 5.56 Å². The third-order valence-electron chi connectivity index (χ3n) is 3.12. The van der Waals surface area contributed by atoms with Crippen molar-refractivity contribution in [3.05, 3.63) is 41.6 Å². The lowest BCUT2D eigenvalue weighted by atomic mass is 10.2. The molecule has 5 heteroatoms. The highest BCUT2D eigenvalue weighted by atomic mass is 16.5. The van der Waals surface area contributed by atoms with E-state index in [1.807, 2.05) is 42.2 Å². The molecule has 0 bridgehead atoms. The van der Waals surface area contributed by atoms with Crippen LogP contribution in [0.3, 0.4) is 0 Å². The van der Waals surface area contributed by atoms with Crippen LogP contribution in [0, 0.1) is 18.3 Å². The third kappa shape index (κ3) is 3.59. The summed E-state index contributed by atoms with van der Waals surface area (Å²) in [6, 6.07) is 9.43. The standard InChI is InChI=1S/C15H17N3O2/c1-12-4-2-3-5-14(12)17-15(19)13(10-16)11-18-6-8-20-9-7-18/h2-5,11H,6-9H2,1H3,(H,17,19)/b13-11-. The summed E-state index contributed by atoms with van der Waals surface area (Å²) in [6.07, 6.45) is 1.61. The van der Waals surface area contributed by atoms with E-state index in [0.29, 0.717) is 26.3 Å². The number of benzene rings is 1. The zero-order chi connectivity index (χ0) is 14.4. The van der Waals surface area contributed by atoms with Gasteiger partial charge < -0.3 is 15.0 Å². The van der Waals surface area contributed by atoms with Crippen molar-refractivity contribution < 1.29 is 9.53 Å². The van der Waals surface area contributed by atoms with E-state index in [2.05, 4.69) is 5.32 Å². The van der Waals surface area contributed by atoms with Gasteiger partial charge in [0.15, 0.2) is 0 Å². The van der Waals surface area contributed by atoms with E-state index in [4.69, 9.17) is 10.00 Å². The van der Waals surface area contributed by atoms with Gasteiger partial charge in [-0.05, 0) is 18.6 Å². The molecule has 1 aliphatic rings. The number of carbonyl (C=O) groups is 1. The molecule has 0 aliphatic carbocycles. The fourth-order valence-electron chi connectivity index (χ4n) is 1.93. The van der Waals surface area contributed by atoms with Gasteiger partial charge in [-0.15, -0.1) is 0 Å². The van der Waals surface area contributed by atoms with E-state index >= 15 is 0 Å². The summed E-state index contributed by atoms with van der Waals surface area (Å²) in [7, 11) is 0. The molecule has 1 aliphatic heterocycles. The van der Waals surface area contributed by atoms with Gasteiger partial charge in [-0.25, -0.2) is 0 Å². The Hall–Kier alpha value is -2.32. The van der Waals surface area contributed by atoms with Crippen molar-refractivity contribution in [2.45, 2.75) is 6.92 Å². The molecule has 0 aromatic heterocycles. The number of rotatable bonds is 3. The average molecular weight is 271 g/mol. The van der Waals surface area contributed by atoms with Crippen LogP contribution >= 0.6 is 0 Å². The Balaban J connectivity index is 2.08. The van der Waals surface area contributed by atoms with Gasteiger partial charge >= 0.3 is 0 Å². The lowest BCUT2D eigenvalue weighted by Gasteiger charge is -2.25. The molecule has 104 valence electrons. The van der Waals surface area contributed by atoms with E-state index in [9.17, 15) is 4.79 Å². The van der Waals surface area contributed by atoms with Crippen LogP contribution in [0.5, 0.6) is 0 Å². The quantitative estimate of drug-likeness (QED) is 0.671. The second-order valence-corrected chi connectivity index (χ2v) is 4.57. The van der Waals surface area contributed by atoms with Gasteiger partial charge in [-0.1, -0.05) is 18.2 Å². The normalized spacial score (nSPS) is 15.6. The minimum absolute atomic E-state index is 0.107. The molecule has 1 heterocycles. The molecule has 0 atom stereocenters. The molecule has 0 spiro atoms. The highest BCUT2D eigenvalue weighted by Crippen LogP contribution is 2.14. The smallest absolute Gasteiger partial charge is 0.267 e. The van der Waals surface area contributed by atoms with Crippen molar-refractivity contribution in [1.82, 2.24) is 4.90 Å². The van der Waals surface area contributed by atoms with Gasteiger partial charge in [0.1, 0.15) is 11.6 Å². The Morgan fingerprint density at radius 1 is 1.40 bits per heavy atom. The number of nitrogens with one attached hydrogen (secondary N) is 1. The third-order valence-corrected chi connectivity index (χ3v) is 3.12. The average Bonchev–Trinajstić information content (AvgIpc) is 2.48. The molecule has 0 saturated carbocycles. The van der Waals surface area contributed by atoms with E-state index in [-0.39, 0.29) is 11.5 Å². The number of aryl methyl sites for hydroxylation is 1. The predicted molar refractivity (Wildman–Crippen MR) is 75.9 cm³/mol. The maximum Gasteiger partial charge on any atom is 0.267 e. The Kier molecular flexibility index (Phi) is 4.75. The van der Waals surface area contributed by atoms with Crippen LogP contribution in [0.25, 0.3) is 0 Å². The van der Waals surface area contributed by atoms with Crippen molar-refractivity contribution in [2.24, 2.45) is 0 Å². The van der Waals surface area contributed by atoms with E-state index in [1.54, 1.807) is 6.20 Å². The zero-order valence-electron chi connectivity index (χ0n) is 11.4. The maximum atomic E-state index is 12.1. The molecule has 1 amide bonds. The van der Waals surface area contributed by atoms with Gasteiger partial charge in [-0.2, -0.15) is 5.26 Å². The molecule has 0 unspecified atom stereocenters. The fraction of sp³-hybridized carbons (Fsp3) is 0.333. The number of amides is 1. The fourth-order valence-corrected chi connectivity index (χ4v) is 1.93. The van der Waals surface area contributed by atoms with Crippen molar-refractivity contribution in [2.75, 3.05) is 31.6 Å². The number of carbonyl (C=O) groups excluding carboxylic acids is 1. The van der Waals surface area contributed by atoms with Crippen LogP contribution in [0.2, 0.25) is 0 Å². The summed E-state index contributed by atoms with van der Waals surface area (Å²) in [5, 5.41) is 11.9. The molecule has 1 fully saturated rings. The molecule has 5 nitrogen and oxygen atoms in total. The second kappa shape index (κ2) is 6.73. The van der Waals surface area contributed by atoms with Gasteiger partial charge in [-0.3, -0.25) is 4.79 Å². The Morgan fingerprint density at radius 3 is 2.75 bits per heavy atom. The van der Waals surface area contributed by atoms with E-state index < -0.39 is 0 Å². The van der Waals surface area contributed by atoms with Crippen molar-refractivity contribution in [3.8, 4) is 6.07 Å². The molecule has 1 aromatic carbocycles. The number of hydrogen-bond acceptors (Lipinski definition) is 4. The van der Waals surface area contributed by atoms with Crippen LogP contribution in [-0.4, -0.2) is 37.1 Å². The van der Waals surface area contributed by atoms with Gasteiger partial charge in [0, 0.05) is 25.0 Å². The number of hydrogen-bond donors (Lipinski definition) is 1. The largest absolute Gasteiger partial charge is 0.378 e. The molecule has 1 aromatic rings. The number of ether oxygens (including phenoxy) is 1. The first-order chi connectivity index (χ1) is 9.70. The summed E-state index contributed by atoms with van der Waals surface area (Å²) in [5.74, 6) is -0.381. The number of morpholine rings is 1. The lowest BCUT2D eigenvalue weighted by Crippen LogP contribution is -2.33. The monoisotopic (exact) mass is 271 g/mol. The number of anilines is 1. The van der Waals surface area contributed by atoms with Crippen molar-refractivity contribution >= 4 is 11.6 Å². The van der Waals surface area contributed by atoms with Crippen molar-refractivity contribution in [1.29, 1.82) is 5.26 Å². The molecule has 20 heavy (non-hydrogen) atoms. The van der Waals surface area contributed by atoms with Gasteiger partial charge in [0.2, 0.25) is 0 Å². The zero-order valence-corrected chi connectivity index (χ0v) is 11.4. The minimum Gasteiger partial charge on any atom is -0.378 e. The SMILES string of the molecule is Cc1ccccc1NC(=O)/C(C#N)=C\N1CCOCC1. The lowest BCUT2D eigenvalue weighted by molar-refractivity contribution is -0.112. The summed E-state index contributed by atoms with van der Waals surface area (Å²) < 4.78 is 5.23. The minimum atomic E-state index is -0.381. The van der Waals surface area contributed by atoms with E-state index in [0.717, 1.165) is 11.3 Å². The summed E-state index contributed by atoms with van der Waals surface area (Å²) >= 11 is 0. The van der Waals surface area contributed by atoms with E-state index in [1.165, 1.54) is 0 Å². The number of nitriles is 1. The van der Waals surface area contributed by atoms with Crippen LogP contribution in [0.4, 0.5) is 5.69 Å². The van der Waals surface area contributed by atoms with Crippen molar-refractivity contribution in [3.63, 3.8) is 0 Å². The molecule has 0 radical (unpaired) electrons. The topological polar surface area (TPSA) is 65.4 Å². The second-order valence-electron chi connectivity index (χ2n) is 4.57. The summed E-state index contributed by atoms with van der Waals surface area (Å²) in [4.78, 5) is 14.0. The van der Waals surface area contributed by atoms with Crippen LogP contribution in [-0.2, 0) is 9.53 Å². The van der Waals surface area contributed by atoms with Gasteiger partial charge in [0.05, 0.1) is 13.2 Å².